The average molecular weight is 286 g/mol. The molecule has 6 heteroatoms. The number of piperazine rings is 1. The third-order valence-corrected chi connectivity index (χ3v) is 4.60. The minimum Gasteiger partial charge on any atom is -0.369 e. The Morgan fingerprint density at radius 2 is 2.29 bits per heavy atom. The molecule has 2 saturated heterocycles. The topological polar surface area (TPSA) is 48.7 Å². The first-order valence-electron chi connectivity index (χ1n) is 7.91. The third kappa shape index (κ3) is 2.23. The number of aromatic nitrogens is 3. The number of nitrogens with one attached hydrogen (secondary N) is 1. The van der Waals surface area contributed by atoms with Gasteiger partial charge in [-0.25, -0.2) is 9.97 Å². The first-order chi connectivity index (χ1) is 10.3. The molecule has 2 fully saturated rings. The molecule has 21 heavy (non-hydrogen) atoms. The van der Waals surface area contributed by atoms with Gasteiger partial charge in [-0.1, -0.05) is 0 Å². The van der Waals surface area contributed by atoms with Crippen LogP contribution in [-0.2, 0) is 0 Å². The summed E-state index contributed by atoms with van der Waals surface area (Å²) in [6, 6.07) is 0.693. The number of nitrogens with zero attached hydrogens (tertiary/aromatic N) is 5. The van der Waals surface area contributed by atoms with E-state index in [0.29, 0.717) is 6.04 Å². The van der Waals surface area contributed by atoms with Crippen molar-refractivity contribution in [3.05, 3.63) is 18.6 Å². The van der Waals surface area contributed by atoms with Crippen molar-refractivity contribution >= 4 is 17.3 Å². The van der Waals surface area contributed by atoms with Crippen LogP contribution in [0.4, 0.5) is 11.6 Å². The van der Waals surface area contributed by atoms with E-state index in [1.54, 1.807) is 0 Å². The molecule has 1 N–H and O–H groups in total. The zero-order valence-corrected chi connectivity index (χ0v) is 12.5. The number of rotatable bonds is 3. The van der Waals surface area contributed by atoms with Crippen LogP contribution in [0.5, 0.6) is 0 Å². The van der Waals surface area contributed by atoms with Gasteiger partial charge in [0.25, 0.3) is 0 Å². The molecule has 2 aromatic rings. The highest BCUT2D eigenvalue weighted by atomic mass is 15.3. The van der Waals surface area contributed by atoms with Crippen LogP contribution in [0.15, 0.2) is 18.6 Å². The highest BCUT2D eigenvalue weighted by molar-refractivity contribution is 5.67. The summed E-state index contributed by atoms with van der Waals surface area (Å²) in [4.78, 5) is 14.3. The quantitative estimate of drug-likeness (QED) is 0.925. The van der Waals surface area contributed by atoms with Crippen LogP contribution in [-0.4, -0.2) is 58.0 Å². The van der Waals surface area contributed by atoms with Crippen LogP contribution in [0.1, 0.15) is 19.8 Å². The molecular weight excluding hydrogens is 264 g/mol. The van der Waals surface area contributed by atoms with E-state index in [-0.39, 0.29) is 0 Å². The van der Waals surface area contributed by atoms with Crippen molar-refractivity contribution in [3.63, 3.8) is 0 Å². The predicted molar refractivity (Wildman–Crippen MR) is 84.0 cm³/mol. The molecule has 2 aliphatic heterocycles. The highest BCUT2D eigenvalue weighted by Gasteiger charge is 2.32. The molecule has 112 valence electrons. The first-order valence-corrected chi connectivity index (χ1v) is 7.91. The maximum absolute atomic E-state index is 4.81. The van der Waals surface area contributed by atoms with E-state index in [0.717, 1.165) is 43.5 Å². The first kappa shape index (κ1) is 12.9. The van der Waals surface area contributed by atoms with Crippen LogP contribution in [0.2, 0.25) is 0 Å². The maximum Gasteiger partial charge on any atom is 0.180 e. The minimum atomic E-state index is 0.693. The molecule has 0 spiro atoms. The van der Waals surface area contributed by atoms with E-state index >= 15 is 0 Å². The Balaban J connectivity index is 1.69. The molecule has 2 aliphatic rings. The van der Waals surface area contributed by atoms with E-state index in [2.05, 4.69) is 31.4 Å². The molecule has 1 atom stereocenters. The largest absolute Gasteiger partial charge is 0.369 e. The summed E-state index contributed by atoms with van der Waals surface area (Å²) in [6.45, 7) is 7.50. The Labute approximate surface area is 124 Å². The molecule has 0 aliphatic carbocycles. The molecule has 6 nitrogen and oxygen atoms in total. The zero-order valence-electron chi connectivity index (χ0n) is 12.5. The lowest BCUT2D eigenvalue weighted by Crippen LogP contribution is -2.50. The monoisotopic (exact) mass is 286 g/mol. The van der Waals surface area contributed by atoms with Gasteiger partial charge in [0.05, 0.1) is 6.20 Å². The Bertz CT molecular complexity index is 636. The second kappa shape index (κ2) is 5.18. The van der Waals surface area contributed by atoms with E-state index in [9.17, 15) is 0 Å². The average Bonchev–Trinajstić information content (AvgIpc) is 3.14. The van der Waals surface area contributed by atoms with Gasteiger partial charge in [0.15, 0.2) is 11.5 Å². The smallest absolute Gasteiger partial charge is 0.180 e. The fourth-order valence-corrected chi connectivity index (χ4v) is 3.58. The van der Waals surface area contributed by atoms with Crippen molar-refractivity contribution in [3.8, 4) is 0 Å². The van der Waals surface area contributed by atoms with E-state index in [1.807, 2.05) is 18.6 Å². The second-order valence-electron chi connectivity index (χ2n) is 5.92. The number of hydrogen-bond donors (Lipinski definition) is 1. The molecule has 0 bridgehead atoms. The molecule has 4 rings (SSSR count). The standard InChI is InChI=1S/C15H22N6/c1-2-16-13-11-20-7-5-17-14(20)15(18-13)21-9-8-19-6-3-4-12(19)10-21/h5,7,11-12,16H,2-4,6,8-10H2,1H3. The molecule has 1 unspecified atom stereocenters. The normalized spacial score (nSPS) is 22.7. The van der Waals surface area contributed by atoms with Crippen molar-refractivity contribution in [2.24, 2.45) is 0 Å². The van der Waals surface area contributed by atoms with E-state index in [1.165, 1.54) is 19.4 Å². The van der Waals surface area contributed by atoms with Gasteiger partial charge in [-0.15, -0.1) is 0 Å². The maximum atomic E-state index is 4.81. The highest BCUT2D eigenvalue weighted by Crippen LogP contribution is 2.27. The summed E-state index contributed by atoms with van der Waals surface area (Å²) in [6.07, 6.45) is 8.51. The van der Waals surface area contributed by atoms with Gasteiger partial charge in [-0.05, 0) is 26.3 Å². The van der Waals surface area contributed by atoms with Gasteiger partial charge in [-0.3, -0.25) is 4.90 Å². The SMILES string of the molecule is CCNc1cn2ccnc2c(N2CCN3CCCC3C2)n1. The predicted octanol–water partition coefficient (Wildman–Crippen LogP) is 1.45. The molecule has 2 aromatic heterocycles. The summed E-state index contributed by atoms with van der Waals surface area (Å²) >= 11 is 0. The van der Waals surface area contributed by atoms with Crippen LogP contribution in [0.3, 0.4) is 0 Å². The Morgan fingerprint density at radius 3 is 3.19 bits per heavy atom. The molecule has 0 amide bonds. The lowest BCUT2D eigenvalue weighted by Gasteiger charge is -2.38. The molecule has 0 saturated carbocycles. The summed E-state index contributed by atoms with van der Waals surface area (Å²) in [7, 11) is 0. The number of imidazole rings is 1. The van der Waals surface area contributed by atoms with Crippen LogP contribution in [0, 0.1) is 0 Å². The Kier molecular flexibility index (Phi) is 3.18. The van der Waals surface area contributed by atoms with Crippen molar-refractivity contribution in [2.45, 2.75) is 25.8 Å². The second-order valence-corrected chi connectivity index (χ2v) is 5.92. The van der Waals surface area contributed by atoms with Crippen LogP contribution >= 0.6 is 0 Å². The number of fused-ring (bicyclic) bond motifs is 2. The molecule has 0 aromatic carbocycles. The summed E-state index contributed by atoms with van der Waals surface area (Å²) in [5, 5.41) is 3.32. The van der Waals surface area contributed by atoms with Gasteiger partial charge in [0, 0.05) is 44.6 Å². The number of hydrogen-bond acceptors (Lipinski definition) is 5. The molecule has 4 heterocycles. The lowest BCUT2D eigenvalue weighted by molar-refractivity contribution is 0.230. The summed E-state index contributed by atoms with van der Waals surface area (Å²) < 4.78 is 2.07. The fraction of sp³-hybridized carbons (Fsp3) is 0.600. The van der Waals surface area contributed by atoms with Gasteiger partial charge in [0.1, 0.15) is 5.82 Å². The zero-order chi connectivity index (χ0) is 14.2. The van der Waals surface area contributed by atoms with Gasteiger partial charge < -0.3 is 14.6 Å². The lowest BCUT2D eigenvalue weighted by atomic mass is 10.1. The van der Waals surface area contributed by atoms with E-state index in [4.69, 9.17) is 4.98 Å². The van der Waals surface area contributed by atoms with Gasteiger partial charge in [0.2, 0.25) is 0 Å². The fourth-order valence-electron chi connectivity index (χ4n) is 3.58. The van der Waals surface area contributed by atoms with Crippen molar-refractivity contribution in [1.29, 1.82) is 0 Å². The summed E-state index contributed by atoms with van der Waals surface area (Å²) in [5.74, 6) is 1.94. The van der Waals surface area contributed by atoms with Crippen LogP contribution in [0.25, 0.3) is 5.65 Å². The molecule has 0 radical (unpaired) electrons. The number of anilines is 2. The molecular formula is C15H22N6. The minimum absolute atomic E-state index is 0.693. The summed E-state index contributed by atoms with van der Waals surface area (Å²) in [5.41, 5.74) is 0.961. The van der Waals surface area contributed by atoms with E-state index < -0.39 is 0 Å². The Morgan fingerprint density at radius 1 is 1.33 bits per heavy atom. The van der Waals surface area contributed by atoms with Gasteiger partial charge in [-0.2, -0.15) is 0 Å². The van der Waals surface area contributed by atoms with Gasteiger partial charge >= 0.3 is 0 Å². The third-order valence-electron chi connectivity index (χ3n) is 4.60. The van der Waals surface area contributed by atoms with Crippen molar-refractivity contribution in [2.75, 3.05) is 42.9 Å². The van der Waals surface area contributed by atoms with Crippen molar-refractivity contribution in [1.82, 2.24) is 19.3 Å². The Hall–Kier alpha value is -1.82. The van der Waals surface area contributed by atoms with Crippen molar-refractivity contribution < 1.29 is 0 Å². The van der Waals surface area contributed by atoms with Crippen LogP contribution < -0.4 is 10.2 Å².